The summed E-state index contributed by atoms with van der Waals surface area (Å²) in [5, 5.41) is 12.9. The van der Waals surface area contributed by atoms with Crippen molar-refractivity contribution in [1.29, 1.82) is 0 Å². The van der Waals surface area contributed by atoms with E-state index in [1.807, 2.05) is 54.3 Å². The van der Waals surface area contributed by atoms with Gasteiger partial charge >= 0.3 is 0 Å². The predicted octanol–water partition coefficient (Wildman–Crippen LogP) is 8.15. The molecule has 274 valence electrons. The van der Waals surface area contributed by atoms with E-state index in [2.05, 4.69) is 32.7 Å². The quantitative estimate of drug-likeness (QED) is 0.108. The van der Waals surface area contributed by atoms with Crippen molar-refractivity contribution in [1.82, 2.24) is 9.62 Å². The lowest BCUT2D eigenvalue weighted by Crippen LogP contribution is -2.46. The van der Waals surface area contributed by atoms with Gasteiger partial charge in [0.05, 0.1) is 9.82 Å². The summed E-state index contributed by atoms with van der Waals surface area (Å²) < 4.78 is 28.8. The minimum absolute atomic E-state index is 0.178. The zero-order chi connectivity index (χ0) is 36.7. The van der Waals surface area contributed by atoms with Crippen LogP contribution in [-0.4, -0.2) is 63.4 Å². The third-order valence-electron chi connectivity index (χ3n) is 10.2. The van der Waals surface area contributed by atoms with E-state index in [0.717, 1.165) is 82.1 Å². The van der Waals surface area contributed by atoms with Gasteiger partial charge in [-0.15, -0.1) is 0 Å². The Labute approximate surface area is 311 Å². The maximum Gasteiger partial charge on any atom is 0.293 e. The van der Waals surface area contributed by atoms with Gasteiger partial charge in [-0.05, 0) is 90.4 Å². The summed E-state index contributed by atoms with van der Waals surface area (Å²) in [7, 11) is -4.38. The van der Waals surface area contributed by atoms with E-state index in [1.54, 1.807) is 12.1 Å². The lowest BCUT2D eigenvalue weighted by molar-refractivity contribution is -0.384. The number of carbonyl (C=O) groups is 1. The highest BCUT2D eigenvalue weighted by Gasteiger charge is 2.28. The molecule has 0 atom stereocenters. The second-order valence-corrected chi connectivity index (χ2v) is 15.9. The van der Waals surface area contributed by atoms with E-state index in [1.165, 1.54) is 29.7 Å². The molecule has 4 aromatic rings. The number of sulfonamides is 1. The summed E-state index contributed by atoms with van der Waals surface area (Å²) in [6, 6.07) is 27.1. The number of carbonyl (C=O) groups excluding carboxylic acids is 1. The molecule has 1 saturated carbocycles. The summed E-state index contributed by atoms with van der Waals surface area (Å²) >= 11 is 6.11. The SMILES string of the molecule is CCCN(CC1CCCCC1)c1ccc(S(=O)(=O)NC(=O)c2ccc(N3CCN(Cc4ccccc4-c4ccc(Cl)cc4)CC3)cc2)cc1[N+](=O)[O-]. The van der Waals surface area contributed by atoms with Crippen LogP contribution >= 0.6 is 11.6 Å². The van der Waals surface area contributed by atoms with Crippen LogP contribution in [0.15, 0.2) is 95.9 Å². The van der Waals surface area contributed by atoms with Gasteiger partial charge in [-0.2, -0.15) is 0 Å². The summed E-state index contributed by atoms with van der Waals surface area (Å²) in [6.45, 7) is 7.49. The number of halogens is 1. The zero-order valence-corrected chi connectivity index (χ0v) is 31.1. The summed E-state index contributed by atoms with van der Waals surface area (Å²) in [5.74, 6) is -0.347. The molecule has 1 aliphatic heterocycles. The van der Waals surface area contributed by atoms with Gasteiger partial charge < -0.3 is 9.80 Å². The first-order valence-electron chi connectivity index (χ1n) is 18.1. The van der Waals surface area contributed by atoms with E-state index in [0.29, 0.717) is 29.7 Å². The second kappa shape index (κ2) is 16.9. The molecule has 0 spiro atoms. The van der Waals surface area contributed by atoms with E-state index >= 15 is 0 Å². The second-order valence-electron chi connectivity index (χ2n) is 13.8. The molecule has 6 rings (SSSR count). The molecular weight excluding hydrogens is 698 g/mol. The van der Waals surface area contributed by atoms with Crippen LogP contribution in [0, 0.1) is 16.0 Å². The number of rotatable bonds is 13. The van der Waals surface area contributed by atoms with Crippen molar-refractivity contribution < 1.29 is 18.1 Å². The van der Waals surface area contributed by atoms with Crippen LogP contribution in [0.4, 0.5) is 17.1 Å². The molecule has 2 aliphatic rings. The number of hydrogen-bond acceptors (Lipinski definition) is 8. The lowest BCUT2D eigenvalue weighted by Gasteiger charge is -2.36. The average Bonchev–Trinajstić information content (AvgIpc) is 3.15. The van der Waals surface area contributed by atoms with Crippen LogP contribution in [0.2, 0.25) is 5.02 Å². The first kappa shape index (κ1) is 37.3. The van der Waals surface area contributed by atoms with Gasteiger partial charge in [-0.25, -0.2) is 13.1 Å². The normalized spacial score (nSPS) is 15.7. The van der Waals surface area contributed by atoms with Crippen LogP contribution < -0.4 is 14.5 Å². The maximum atomic E-state index is 13.3. The molecule has 4 aromatic carbocycles. The summed E-state index contributed by atoms with van der Waals surface area (Å²) in [6.07, 6.45) is 6.51. The Hall–Kier alpha value is -4.45. The molecule has 52 heavy (non-hydrogen) atoms. The Bertz CT molecular complexity index is 1960. The molecule has 2 fully saturated rings. The van der Waals surface area contributed by atoms with E-state index < -0.39 is 20.9 Å². The van der Waals surface area contributed by atoms with Crippen molar-refractivity contribution in [3.05, 3.63) is 117 Å². The van der Waals surface area contributed by atoms with Crippen molar-refractivity contribution in [2.24, 2.45) is 5.92 Å². The smallest absolute Gasteiger partial charge is 0.293 e. The summed E-state index contributed by atoms with van der Waals surface area (Å²) in [5.41, 5.74) is 4.82. The van der Waals surface area contributed by atoms with Crippen molar-refractivity contribution in [3.8, 4) is 11.1 Å². The molecule has 0 aromatic heterocycles. The minimum Gasteiger partial charge on any atom is -0.369 e. The van der Waals surface area contributed by atoms with Gasteiger partial charge in [0.25, 0.3) is 21.6 Å². The van der Waals surface area contributed by atoms with Gasteiger partial charge in [0.2, 0.25) is 0 Å². The van der Waals surface area contributed by atoms with Crippen molar-refractivity contribution >= 4 is 44.6 Å². The topological polar surface area (TPSA) is 116 Å². The Kier molecular flexibility index (Phi) is 12.1. The Balaban J connectivity index is 1.07. The third-order valence-corrected chi connectivity index (χ3v) is 11.7. The monoisotopic (exact) mass is 743 g/mol. The predicted molar refractivity (Wildman–Crippen MR) is 208 cm³/mol. The highest BCUT2D eigenvalue weighted by atomic mass is 35.5. The molecule has 1 saturated heterocycles. The van der Waals surface area contributed by atoms with Crippen molar-refractivity contribution in [2.45, 2.75) is 56.9 Å². The molecule has 10 nitrogen and oxygen atoms in total. The molecule has 0 bridgehead atoms. The number of nitrogens with zero attached hydrogens (tertiary/aromatic N) is 4. The van der Waals surface area contributed by atoms with Crippen LogP contribution in [-0.2, 0) is 16.6 Å². The van der Waals surface area contributed by atoms with Crippen molar-refractivity contribution in [3.63, 3.8) is 0 Å². The van der Waals surface area contributed by atoms with Crippen molar-refractivity contribution in [2.75, 3.05) is 49.1 Å². The first-order chi connectivity index (χ1) is 25.1. The van der Waals surface area contributed by atoms with Gasteiger partial charge in [-0.1, -0.05) is 74.2 Å². The summed E-state index contributed by atoms with van der Waals surface area (Å²) in [4.78, 5) is 31.1. The molecule has 12 heteroatoms. The van der Waals surface area contributed by atoms with E-state index in [9.17, 15) is 23.3 Å². The third kappa shape index (κ3) is 9.12. The number of nitro benzene ring substituents is 1. The van der Waals surface area contributed by atoms with Gasteiger partial charge in [-0.3, -0.25) is 19.8 Å². The first-order valence-corrected chi connectivity index (χ1v) is 20.0. The molecule has 0 radical (unpaired) electrons. The average molecular weight is 744 g/mol. The highest BCUT2D eigenvalue weighted by molar-refractivity contribution is 7.90. The Morgan fingerprint density at radius 2 is 1.62 bits per heavy atom. The van der Waals surface area contributed by atoms with Crippen LogP contribution in [0.25, 0.3) is 11.1 Å². The number of hydrogen-bond donors (Lipinski definition) is 1. The Morgan fingerprint density at radius 3 is 2.29 bits per heavy atom. The largest absolute Gasteiger partial charge is 0.369 e. The van der Waals surface area contributed by atoms with Gasteiger partial charge in [0.1, 0.15) is 5.69 Å². The maximum absolute atomic E-state index is 13.3. The number of nitro groups is 1. The van der Waals surface area contributed by atoms with E-state index in [4.69, 9.17) is 11.6 Å². The van der Waals surface area contributed by atoms with Crippen LogP contribution in [0.5, 0.6) is 0 Å². The fourth-order valence-corrected chi connectivity index (χ4v) is 8.50. The van der Waals surface area contributed by atoms with Crippen LogP contribution in [0.3, 0.4) is 0 Å². The standard InChI is InChI=1S/C40H46ClN5O5S/c1-2-22-45(28-30-8-4-3-5-9-30)38-21-20-36(27-39(38)46(48)49)52(50,51)42-40(47)32-14-18-35(19-15-32)44-25-23-43(24-26-44)29-33-10-6-7-11-37(33)31-12-16-34(41)17-13-31/h6-7,10-21,27,30H,2-5,8-9,22-26,28-29H2,1H3,(H,42,47). The number of benzene rings is 4. The number of nitrogens with one attached hydrogen (secondary N) is 1. The van der Waals surface area contributed by atoms with E-state index in [-0.39, 0.29) is 16.1 Å². The molecule has 0 unspecified atom stereocenters. The molecule has 1 amide bonds. The Morgan fingerprint density at radius 1 is 0.923 bits per heavy atom. The molecule has 1 aliphatic carbocycles. The fourth-order valence-electron chi connectivity index (χ4n) is 7.38. The highest BCUT2D eigenvalue weighted by Crippen LogP contribution is 2.34. The number of amides is 1. The van der Waals surface area contributed by atoms with Crippen LogP contribution in [0.1, 0.15) is 61.4 Å². The zero-order valence-electron chi connectivity index (χ0n) is 29.5. The minimum atomic E-state index is -4.38. The molecule has 1 N–H and O–H groups in total. The number of anilines is 2. The number of piperazine rings is 1. The lowest BCUT2D eigenvalue weighted by atomic mass is 9.89. The van der Waals surface area contributed by atoms with Gasteiger partial charge in [0, 0.05) is 68.2 Å². The molecular formula is C40H46ClN5O5S. The fraction of sp³-hybridized carbons (Fsp3) is 0.375. The molecule has 1 heterocycles. The van der Waals surface area contributed by atoms with Gasteiger partial charge in [0.15, 0.2) is 0 Å².